The zero-order valence-corrected chi connectivity index (χ0v) is 10.7. The van der Waals surface area contributed by atoms with E-state index in [1.165, 1.54) is 18.5 Å². The number of fused-ring (bicyclic) bond motifs is 1. The molecule has 0 aliphatic carbocycles. The minimum Gasteiger partial charge on any atom is -0.467 e. The molecular weight excluding hydrogens is 266 g/mol. The number of hydrogen-bond acceptors (Lipinski definition) is 6. The van der Waals surface area contributed by atoms with E-state index in [0.29, 0.717) is 0 Å². The van der Waals surface area contributed by atoms with Gasteiger partial charge in [0.25, 0.3) is 10.0 Å². The van der Waals surface area contributed by atoms with Crippen LogP contribution >= 0.6 is 11.3 Å². The van der Waals surface area contributed by atoms with Crippen molar-refractivity contribution in [1.82, 2.24) is 4.31 Å². The molecule has 0 unspecified atom stereocenters. The summed E-state index contributed by atoms with van der Waals surface area (Å²) in [6.45, 7) is 0. The largest absolute Gasteiger partial charge is 0.467 e. The molecule has 2 rings (SSSR count). The zero-order valence-electron chi connectivity index (χ0n) is 9.04. The molecule has 1 aromatic rings. The standard InChI is InChI=1S/C9H9NO5S2/c1-10-6(8(12)15-2)7(11)5-3-4-16-9(5)17(10,13)14/h3-4,6H,1-2H3/t6-/m0/s1. The third kappa shape index (κ3) is 1.60. The molecule has 2 heterocycles. The number of Topliss-reactive ketones (excluding diaryl/α,β-unsaturated/α-hetero) is 1. The lowest BCUT2D eigenvalue weighted by atomic mass is 10.1. The second kappa shape index (κ2) is 3.90. The number of carbonyl (C=O) groups is 2. The Morgan fingerprint density at radius 3 is 2.76 bits per heavy atom. The van der Waals surface area contributed by atoms with E-state index in [4.69, 9.17) is 0 Å². The Bertz CT molecular complexity index is 588. The second-order valence-corrected chi connectivity index (χ2v) is 6.54. The molecule has 0 amide bonds. The molecule has 17 heavy (non-hydrogen) atoms. The highest BCUT2D eigenvalue weighted by Crippen LogP contribution is 2.33. The van der Waals surface area contributed by atoms with Gasteiger partial charge in [0.15, 0.2) is 11.8 Å². The number of rotatable bonds is 1. The van der Waals surface area contributed by atoms with Crippen molar-refractivity contribution in [2.75, 3.05) is 14.2 Å². The molecule has 0 fully saturated rings. The van der Waals surface area contributed by atoms with Gasteiger partial charge in [-0.1, -0.05) is 0 Å². The minimum atomic E-state index is -3.78. The van der Waals surface area contributed by atoms with E-state index in [9.17, 15) is 18.0 Å². The van der Waals surface area contributed by atoms with E-state index >= 15 is 0 Å². The van der Waals surface area contributed by atoms with Crippen LogP contribution in [0.5, 0.6) is 0 Å². The van der Waals surface area contributed by atoms with Gasteiger partial charge in [0, 0.05) is 7.05 Å². The van der Waals surface area contributed by atoms with Crippen molar-refractivity contribution in [3.05, 3.63) is 17.0 Å². The Hall–Kier alpha value is -1.25. The van der Waals surface area contributed by atoms with E-state index in [0.717, 1.165) is 22.8 Å². The number of ether oxygens (including phenoxy) is 1. The van der Waals surface area contributed by atoms with Crippen molar-refractivity contribution < 1.29 is 22.7 Å². The molecule has 92 valence electrons. The first-order valence-corrected chi connectivity index (χ1v) is 6.90. The first kappa shape index (κ1) is 12.2. The van der Waals surface area contributed by atoms with Crippen molar-refractivity contribution in [2.45, 2.75) is 10.3 Å². The van der Waals surface area contributed by atoms with E-state index < -0.39 is 27.8 Å². The van der Waals surface area contributed by atoms with Gasteiger partial charge in [-0.3, -0.25) is 4.79 Å². The lowest BCUT2D eigenvalue weighted by Gasteiger charge is -2.28. The van der Waals surface area contributed by atoms with Gasteiger partial charge in [-0.2, -0.15) is 4.31 Å². The van der Waals surface area contributed by atoms with Crippen molar-refractivity contribution >= 4 is 33.1 Å². The molecule has 0 N–H and O–H groups in total. The average Bonchev–Trinajstić information content (AvgIpc) is 2.76. The molecular formula is C9H9NO5S2. The van der Waals surface area contributed by atoms with E-state index in [1.54, 1.807) is 0 Å². The summed E-state index contributed by atoms with van der Waals surface area (Å²) >= 11 is 0.959. The number of sulfonamides is 1. The smallest absolute Gasteiger partial charge is 0.332 e. The fourth-order valence-electron chi connectivity index (χ4n) is 1.63. The number of methoxy groups -OCH3 is 1. The van der Waals surface area contributed by atoms with Crippen molar-refractivity contribution in [2.24, 2.45) is 0 Å². The molecule has 0 saturated carbocycles. The number of nitrogens with zero attached hydrogens (tertiary/aromatic N) is 1. The fraction of sp³-hybridized carbons (Fsp3) is 0.333. The SMILES string of the molecule is COC(=O)[C@@H]1C(=O)c2ccsc2S(=O)(=O)N1C. The van der Waals surface area contributed by atoms with Crippen LogP contribution in [-0.4, -0.2) is 44.7 Å². The van der Waals surface area contributed by atoms with Gasteiger partial charge in [0.05, 0.1) is 12.7 Å². The van der Waals surface area contributed by atoms with Crippen LogP contribution in [0.1, 0.15) is 10.4 Å². The van der Waals surface area contributed by atoms with Gasteiger partial charge >= 0.3 is 5.97 Å². The summed E-state index contributed by atoms with van der Waals surface area (Å²) in [7, 11) is -1.48. The van der Waals surface area contributed by atoms with Crippen molar-refractivity contribution in [3.8, 4) is 0 Å². The summed E-state index contributed by atoms with van der Waals surface area (Å²) in [4.78, 5) is 23.4. The molecule has 6 nitrogen and oxygen atoms in total. The highest BCUT2D eigenvalue weighted by molar-refractivity contribution is 7.91. The van der Waals surface area contributed by atoms with E-state index in [2.05, 4.69) is 4.74 Å². The topological polar surface area (TPSA) is 80.8 Å². The minimum absolute atomic E-state index is 0.0230. The molecule has 1 aliphatic rings. The van der Waals surface area contributed by atoms with Crippen LogP contribution in [0.15, 0.2) is 15.7 Å². The van der Waals surface area contributed by atoms with Gasteiger partial charge < -0.3 is 4.74 Å². The third-order valence-corrected chi connectivity index (χ3v) is 5.83. The van der Waals surface area contributed by atoms with Gasteiger partial charge in [0.2, 0.25) is 0 Å². The maximum Gasteiger partial charge on any atom is 0.332 e. The highest BCUT2D eigenvalue weighted by atomic mass is 32.2. The number of esters is 1. The van der Waals surface area contributed by atoms with Crippen LogP contribution < -0.4 is 0 Å². The average molecular weight is 275 g/mol. The fourth-order valence-corrected chi connectivity index (χ4v) is 4.42. The molecule has 0 bridgehead atoms. The van der Waals surface area contributed by atoms with E-state index in [1.807, 2.05) is 0 Å². The molecule has 8 heteroatoms. The monoisotopic (exact) mass is 275 g/mol. The molecule has 0 aromatic carbocycles. The van der Waals surface area contributed by atoms with Crippen LogP contribution in [0.25, 0.3) is 0 Å². The van der Waals surface area contributed by atoms with E-state index in [-0.39, 0.29) is 9.77 Å². The summed E-state index contributed by atoms with van der Waals surface area (Å²) in [5, 5.41) is 1.51. The van der Waals surface area contributed by atoms with Crippen LogP contribution in [0, 0.1) is 0 Å². The second-order valence-electron chi connectivity index (χ2n) is 3.43. The Morgan fingerprint density at radius 1 is 1.53 bits per heavy atom. The van der Waals surface area contributed by atoms with Gasteiger partial charge in [-0.15, -0.1) is 11.3 Å². The van der Waals surface area contributed by atoms with Crippen molar-refractivity contribution in [1.29, 1.82) is 0 Å². The van der Waals surface area contributed by atoms with Gasteiger partial charge in [-0.05, 0) is 11.4 Å². The van der Waals surface area contributed by atoms with Crippen molar-refractivity contribution in [3.63, 3.8) is 0 Å². The predicted molar refractivity (Wildman–Crippen MR) is 59.4 cm³/mol. The quantitative estimate of drug-likeness (QED) is 0.536. The summed E-state index contributed by atoms with van der Waals surface area (Å²) in [5.74, 6) is -1.43. The lowest BCUT2D eigenvalue weighted by molar-refractivity contribution is -0.143. The van der Waals surface area contributed by atoms with Crippen LogP contribution in [0.2, 0.25) is 0 Å². The first-order chi connectivity index (χ1) is 7.91. The maximum absolute atomic E-state index is 12.0. The molecule has 1 aliphatic heterocycles. The highest BCUT2D eigenvalue weighted by Gasteiger charge is 2.46. The zero-order chi connectivity index (χ0) is 12.8. The van der Waals surface area contributed by atoms with Crippen LogP contribution in [-0.2, 0) is 19.6 Å². The Kier molecular flexibility index (Phi) is 2.80. The number of thiophene rings is 1. The Morgan fingerprint density at radius 2 is 2.18 bits per heavy atom. The summed E-state index contributed by atoms with van der Waals surface area (Å²) in [5.41, 5.74) is 0.0588. The predicted octanol–water partition coefficient (Wildman–Crippen LogP) is 0.107. The number of hydrogen-bond donors (Lipinski definition) is 0. The summed E-state index contributed by atoms with van der Waals surface area (Å²) in [6, 6.07) is -0.0184. The molecule has 1 aromatic heterocycles. The Labute approximate surface area is 102 Å². The molecule has 1 atom stereocenters. The number of ketones is 1. The first-order valence-electron chi connectivity index (χ1n) is 4.59. The summed E-state index contributed by atoms with van der Waals surface area (Å²) < 4.78 is 29.2. The summed E-state index contributed by atoms with van der Waals surface area (Å²) in [6.07, 6.45) is 0. The number of likely N-dealkylation sites (N-methyl/N-ethyl adjacent to an activating group) is 1. The molecule has 0 spiro atoms. The van der Waals surface area contributed by atoms with Gasteiger partial charge in [-0.25, -0.2) is 13.2 Å². The van der Waals surface area contributed by atoms with Crippen LogP contribution in [0.3, 0.4) is 0 Å². The van der Waals surface area contributed by atoms with Crippen LogP contribution in [0.4, 0.5) is 0 Å². The lowest BCUT2D eigenvalue weighted by Crippen LogP contribution is -2.51. The Balaban J connectivity index is 2.64. The number of carbonyl (C=O) groups excluding carboxylic acids is 2. The molecule has 0 saturated heterocycles. The molecule has 0 radical (unpaired) electrons. The van der Waals surface area contributed by atoms with Gasteiger partial charge in [0.1, 0.15) is 4.21 Å². The maximum atomic E-state index is 12.0. The normalized spacial score (nSPS) is 23.2. The third-order valence-electron chi connectivity index (χ3n) is 2.54.